The van der Waals surface area contributed by atoms with Gasteiger partial charge in [-0.3, -0.25) is 0 Å². The summed E-state index contributed by atoms with van der Waals surface area (Å²) in [7, 11) is 0. The summed E-state index contributed by atoms with van der Waals surface area (Å²) in [6.07, 6.45) is 0. The van der Waals surface area contributed by atoms with Gasteiger partial charge < -0.3 is 0 Å². The van der Waals surface area contributed by atoms with Gasteiger partial charge in [-0.15, -0.1) is 0 Å². The van der Waals surface area contributed by atoms with Gasteiger partial charge in [0.25, 0.3) is 0 Å². The Morgan fingerprint density at radius 3 is 2.00 bits per heavy atom. The average molecular weight is 414 g/mol. The molecule has 0 nitrogen and oxygen atoms in total. The highest BCUT2D eigenvalue weighted by molar-refractivity contribution is 9.10. The number of fused-ring (bicyclic) bond motifs is 2. The number of hydrogen-bond donors (Lipinski definition) is 0. The average Bonchev–Trinajstić information content (AvgIpc) is 2.84. The van der Waals surface area contributed by atoms with Crippen molar-refractivity contribution in [2.75, 3.05) is 0 Å². The van der Waals surface area contributed by atoms with Gasteiger partial charge in [0.05, 0.1) is 6.85 Å². The molecule has 0 saturated carbocycles. The van der Waals surface area contributed by atoms with E-state index in [0.29, 0.717) is 5.56 Å². The van der Waals surface area contributed by atoms with Crippen LogP contribution in [0, 0.1) is 0 Å². The van der Waals surface area contributed by atoms with Crippen LogP contribution in [0.25, 0.3) is 43.8 Å². The molecular weight excluding hydrogens is 392 g/mol. The van der Waals surface area contributed by atoms with Crippen LogP contribution in [0.4, 0.5) is 0 Å². The van der Waals surface area contributed by atoms with Crippen LogP contribution in [0.2, 0.25) is 0 Å². The van der Waals surface area contributed by atoms with Crippen LogP contribution in [0.15, 0.2) is 107 Å². The molecule has 0 bridgehead atoms. The molecular formula is C26H17Br. The minimum atomic E-state index is -0.388. The second-order valence-electron chi connectivity index (χ2n) is 6.36. The maximum absolute atomic E-state index is 8.57. The minimum Gasteiger partial charge on any atom is -0.0622 e. The Balaban J connectivity index is 1.96. The standard InChI is InChI=1S/C26H17Br/c27-26-23-14-8-7-13-21(23)25(19-11-5-2-6-12-19)22-16-15-20(17-24(22)26)18-9-3-1-4-10-18/h1-17H/i2D,5D,6D,11D,12D. The van der Waals surface area contributed by atoms with Crippen molar-refractivity contribution >= 4 is 37.5 Å². The summed E-state index contributed by atoms with van der Waals surface area (Å²) in [4.78, 5) is 0. The van der Waals surface area contributed by atoms with Gasteiger partial charge in [0.2, 0.25) is 0 Å². The van der Waals surface area contributed by atoms with E-state index < -0.39 is 0 Å². The zero-order valence-electron chi connectivity index (χ0n) is 19.3. The van der Waals surface area contributed by atoms with Gasteiger partial charge in [0.15, 0.2) is 0 Å². The van der Waals surface area contributed by atoms with E-state index in [1.54, 1.807) is 0 Å². The number of halogens is 1. The summed E-state index contributed by atoms with van der Waals surface area (Å²) < 4.78 is 42.4. The van der Waals surface area contributed by atoms with Gasteiger partial charge in [-0.2, -0.15) is 0 Å². The van der Waals surface area contributed by atoms with E-state index in [4.69, 9.17) is 6.85 Å². The van der Waals surface area contributed by atoms with Crippen molar-refractivity contribution in [2.24, 2.45) is 0 Å². The zero-order valence-corrected chi connectivity index (χ0v) is 15.9. The molecule has 5 rings (SSSR count). The van der Waals surface area contributed by atoms with Crippen molar-refractivity contribution in [1.29, 1.82) is 0 Å². The van der Waals surface area contributed by atoms with Gasteiger partial charge in [-0.05, 0) is 65.8 Å². The largest absolute Gasteiger partial charge is 0.0629 e. The third-order valence-electron chi connectivity index (χ3n) is 4.82. The second-order valence-corrected chi connectivity index (χ2v) is 7.15. The topological polar surface area (TPSA) is 0 Å². The molecule has 0 saturated heterocycles. The maximum Gasteiger partial charge on any atom is 0.0629 e. The molecule has 0 amide bonds. The van der Waals surface area contributed by atoms with Crippen molar-refractivity contribution in [3.8, 4) is 22.3 Å². The highest BCUT2D eigenvalue weighted by Crippen LogP contribution is 2.42. The third kappa shape index (κ3) is 2.75. The van der Waals surface area contributed by atoms with Crippen LogP contribution in [-0.4, -0.2) is 0 Å². The molecule has 0 radical (unpaired) electrons. The smallest absolute Gasteiger partial charge is 0.0622 e. The minimum absolute atomic E-state index is 0.197. The van der Waals surface area contributed by atoms with Crippen molar-refractivity contribution < 1.29 is 6.85 Å². The predicted octanol–water partition coefficient (Wildman–Crippen LogP) is 8.09. The maximum atomic E-state index is 8.57. The summed E-state index contributed by atoms with van der Waals surface area (Å²) in [5.74, 6) is 0. The molecule has 128 valence electrons. The molecule has 5 aromatic rings. The molecule has 0 aromatic heterocycles. The normalized spacial score (nSPS) is 13.7. The molecule has 0 spiro atoms. The van der Waals surface area contributed by atoms with Gasteiger partial charge in [0.1, 0.15) is 0 Å². The van der Waals surface area contributed by atoms with Gasteiger partial charge >= 0.3 is 0 Å². The number of rotatable bonds is 2. The Kier molecular flexibility index (Phi) is 2.90. The highest BCUT2D eigenvalue weighted by Gasteiger charge is 2.14. The van der Waals surface area contributed by atoms with Crippen LogP contribution in [-0.2, 0) is 0 Å². The van der Waals surface area contributed by atoms with Gasteiger partial charge in [-0.25, -0.2) is 0 Å². The fourth-order valence-corrected chi connectivity index (χ4v) is 4.25. The zero-order chi connectivity index (χ0) is 22.6. The van der Waals surface area contributed by atoms with Crippen LogP contribution >= 0.6 is 15.9 Å². The van der Waals surface area contributed by atoms with Gasteiger partial charge in [-0.1, -0.05) is 96.9 Å². The lowest BCUT2D eigenvalue weighted by Crippen LogP contribution is -1.88. The quantitative estimate of drug-likeness (QED) is 0.256. The summed E-state index contributed by atoms with van der Waals surface area (Å²) in [5, 5.41) is 3.51. The van der Waals surface area contributed by atoms with E-state index in [1.165, 1.54) is 0 Å². The van der Waals surface area contributed by atoms with Crippen molar-refractivity contribution in [3.05, 3.63) is 107 Å². The fourth-order valence-electron chi connectivity index (χ4n) is 3.58. The van der Waals surface area contributed by atoms with Crippen molar-refractivity contribution in [3.63, 3.8) is 0 Å². The summed E-state index contributed by atoms with van der Waals surface area (Å²) in [6.45, 7) is 0. The molecule has 1 heteroatoms. The lowest BCUT2D eigenvalue weighted by atomic mass is 9.90. The van der Waals surface area contributed by atoms with Crippen LogP contribution in [0.1, 0.15) is 6.85 Å². The number of hydrogen-bond acceptors (Lipinski definition) is 0. The molecule has 0 aliphatic heterocycles. The molecule has 0 heterocycles. The summed E-state index contributed by atoms with van der Waals surface area (Å²) >= 11 is 3.78. The van der Waals surface area contributed by atoms with Crippen molar-refractivity contribution in [1.82, 2.24) is 0 Å². The summed E-state index contributed by atoms with van der Waals surface area (Å²) in [6, 6.07) is 22.4. The Morgan fingerprint density at radius 1 is 0.556 bits per heavy atom. The second kappa shape index (κ2) is 6.68. The van der Waals surface area contributed by atoms with Gasteiger partial charge in [0, 0.05) is 4.47 Å². The molecule has 0 aliphatic rings. The SMILES string of the molecule is [2H]c1c([2H])c([2H])c(-c2c3ccccc3c(Br)c3cc(-c4ccccc4)ccc23)c([2H])c1[2H]. The van der Waals surface area contributed by atoms with Crippen LogP contribution < -0.4 is 0 Å². The lowest BCUT2D eigenvalue weighted by Gasteiger charge is -2.15. The van der Waals surface area contributed by atoms with Crippen LogP contribution in [0.3, 0.4) is 0 Å². The van der Waals surface area contributed by atoms with E-state index in [0.717, 1.165) is 37.1 Å². The van der Waals surface area contributed by atoms with Crippen molar-refractivity contribution in [2.45, 2.75) is 0 Å². The Morgan fingerprint density at radius 2 is 1.22 bits per heavy atom. The fraction of sp³-hybridized carbons (Fsp3) is 0. The van der Waals surface area contributed by atoms with E-state index in [2.05, 4.69) is 22.0 Å². The van der Waals surface area contributed by atoms with Crippen LogP contribution in [0.5, 0.6) is 0 Å². The first-order valence-electron chi connectivity index (χ1n) is 11.2. The third-order valence-corrected chi connectivity index (χ3v) is 5.67. The van der Waals surface area contributed by atoms with E-state index in [-0.39, 0.29) is 35.8 Å². The Bertz CT molecular complexity index is 1500. The summed E-state index contributed by atoms with van der Waals surface area (Å²) in [5.41, 5.74) is 2.99. The number of benzene rings is 5. The Hall–Kier alpha value is -2.90. The predicted molar refractivity (Wildman–Crippen MR) is 120 cm³/mol. The highest BCUT2D eigenvalue weighted by atomic mass is 79.9. The first-order valence-corrected chi connectivity index (χ1v) is 9.46. The molecule has 0 unspecified atom stereocenters. The molecule has 0 fully saturated rings. The molecule has 0 N–H and O–H groups in total. The lowest BCUT2D eigenvalue weighted by molar-refractivity contribution is 1.63. The van der Waals surface area contributed by atoms with E-state index in [9.17, 15) is 0 Å². The Labute approximate surface area is 174 Å². The first-order chi connectivity index (χ1) is 15.4. The monoisotopic (exact) mass is 413 g/mol. The molecule has 5 aromatic carbocycles. The molecule has 0 atom stereocenters. The molecule has 27 heavy (non-hydrogen) atoms. The van der Waals surface area contributed by atoms with E-state index in [1.807, 2.05) is 66.7 Å². The molecule has 0 aliphatic carbocycles. The van der Waals surface area contributed by atoms with E-state index >= 15 is 0 Å². The first kappa shape index (κ1) is 11.7.